The van der Waals surface area contributed by atoms with E-state index in [1.165, 1.54) is 6.07 Å². The molecule has 92 valence electrons. The number of carboxylic acids is 1. The first-order valence-corrected chi connectivity index (χ1v) is 6.14. The van der Waals surface area contributed by atoms with Gasteiger partial charge in [0.05, 0.1) is 9.89 Å². The molecule has 0 saturated heterocycles. The molecule has 0 aliphatic heterocycles. The van der Waals surface area contributed by atoms with Gasteiger partial charge in [0.25, 0.3) is 0 Å². The van der Waals surface area contributed by atoms with E-state index in [1.54, 1.807) is 6.92 Å². The Labute approximate surface area is 107 Å². The third-order valence-electron chi connectivity index (χ3n) is 3.51. The highest BCUT2D eigenvalue weighted by molar-refractivity contribution is 9.10. The van der Waals surface area contributed by atoms with Gasteiger partial charge in [-0.25, -0.2) is 0 Å². The molecular weight excluding hydrogens is 288 g/mol. The van der Waals surface area contributed by atoms with E-state index in [1.807, 2.05) is 0 Å². The Kier molecular flexibility index (Phi) is 2.81. The van der Waals surface area contributed by atoms with E-state index in [0.29, 0.717) is 24.0 Å². The van der Waals surface area contributed by atoms with E-state index >= 15 is 0 Å². The highest BCUT2D eigenvalue weighted by Gasteiger charge is 2.48. The van der Waals surface area contributed by atoms with Gasteiger partial charge in [0.2, 0.25) is 0 Å². The lowest BCUT2D eigenvalue weighted by molar-refractivity contribution is -0.147. The van der Waals surface area contributed by atoms with Gasteiger partial charge in [-0.15, -0.1) is 0 Å². The Morgan fingerprint density at radius 3 is 2.41 bits per heavy atom. The Bertz CT molecular complexity index is 492. The number of carboxylic acid groups (broad SMARTS) is 1. The van der Waals surface area contributed by atoms with E-state index in [4.69, 9.17) is 0 Å². The number of rotatable bonds is 2. The van der Waals surface area contributed by atoms with Crippen LogP contribution in [0, 0.1) is 6.92 Å². The van der Waals surface area contributed by atoms with Gasteiger partial charge in [-0.3, -0.25) is 4.79 Å². The van der Waals surface area contributed by atoms with Crippen LogP contribution in [0.1, 0.15) is 30.4 Å². The quantitative estimate of drug-likeness (QED) is 0.734. The van der Waals surface area contributed by atoms with Crippen LogP contribution in [0.2, 0.25) is 0 Å². The molecule has 3 N–H and O–H groups in total. The fourth-order valence-electron chi connectivity index (χ4n) is 2.44. The summed E-state index contributed by atoms with van der Waals surface area (Å²) < 4.78 is 0.289. The van der Waals surface area contributed by atoms with Gasteiger partial charge >= 0.3 is 5.97 Å². The van der Waals surface area contributed by atoms with Crippen LogP contribution in [-0.2, 0) is 10.2 Å². The Hall–Kier alpha value is -1.23. The number of hydrogen-bond donors (Lipinski definition) is 3. The summed E-state index contributed by atoms with van der Waals surface area (Å²) in [5.41, 5.74) is 0.328. The molecule has 0 radical (unpaired) electrons. The standard InChI is InChI=1S/C12H13BrO4/c1-6-5-7(14)10(15)9(13)8(6)12(11(16)17)3-2-4-12/h5,14-15H,2-4H2,1H3,(H,16,17). The van der Waals surface area contributed by atoms with Crippen LogP contribution in [0.25, 0.3) is 0 Å². The van der Waals surface area contributed by atoms with Crippen molar-refractivity contribution >= 4 is 21.9 Å². The summed E-state index contributed by atoms with van der Waals surface area (Å²) in [6, 6.07) is 1.40. The predicted molar refractivity (Wildman–Crippen MR) is 65.4 cm³/mol. The molecule has 0 heterocycles. The van der Waals surface area contributed by atoms with Gasteiger partial charge in [-0.2, -0.15) is 0 Å². The van der Waals surface area contributed by atoms with E-state index in [0.717, 1.165) is 6.42 Å². The fourth-order valence-corrected chi connectivity index (χ4v) is 3.33. The molecule has 0 atom stereocenters. The first-order valence-electron chi connectivity index (χ1n) is 5.35. The van der Waals surface area contributed by atoms with Crippen molar-refractivity contribution in [2.75, 3.05) is 0 Å². The molecule has 1 aromatic carbocycles. The number of phenolic OH excluding ortho intramolecular Hbond substituents is 2. The van der Waals surface area contributed by atoms with E-state index in [2.05, 4.69) is 15.9 Å². The van der Waals surface area contributed by atoms with Crippen molar-refractivity contribution in [3.8, 4) is 11.5 Å². The number of phenols is 2. The normalized spacial score (nSPS) is 17.5. The minimum atomic E-state index is -0.923. The van der Waals surface area contributed by atoms with Crippen molar-refractivity contribution in [2.24, 2.45) is 0 Å². The van der Waals surface area contributed by atoms with Crippen molar-refractivity contribution in [3.05, 3.63) is 21.7 Å². The Morgan fingerprint density at radius 1 is 1.41 bits per heavy atom. The van der Waals surface area contributed by atoms with Crippen LogP contribution in [-0.4, -0.2) is 21.3 Å². The molecule has 0 bridgehead atoms. The number of benzene rings is 1. The molecule has 1 saturated carbocycles. The molecule has 1 fully saturated rings. The number of hydrogen-bond acceptors (Lipinski definition) is 3. The van der Waals surface area contributed by atoms with Crippen molar-refractivity contribution in [2.45, 2.75) is 31.6 Å². The number of aliphatic carboxylic acids is 1. The maximum atomic E-state index is 11.4. The van der Waals surface area contributed by atoms with Gasteiger partial charge in [-0.05, 0) is 52.9 Å². The van der Waals surface area contributed by atoms with Gasteiger partial charge in [0.1, 0.15) is 0 Å². The molecule has 0 spiro atoms. The maximum Gasteiger partial charge on any atom is 0.314 e. The second-order valence-electron chi connectivity index (χ2n) is 4.49. The molecule has 0 aromatic heterocycles. The summed E-state index contributed by atoms with van der Waals surface area (Å²) in [7, 11) is 0. The smallest absolute Gasteiger partial charge is 0.314 e. The summed E-state index contributed by atoms with van der Waals surface area (Å²) in [4.78, 5) is 11.4. The predicted octanol–water partition coefficient (Wildman–Crippen LogP) is 2.68. The molecular formula is C12H13BrO4. The molecule has 5 heteroatoms. The third kappa shape index (κ3) is 1.60. The van der Waals surface area contributed by atoms with E-state index in [9.17, 15) is 20.1 Å². The molecule has 2 rings (SSSR count). The second kappa shape index (κ2) is 3.91. The first kappa shape index (κ1) is 12.2. The van der Waals surface area contributed by atoms with Crippen molar-refractivity contribution in [1.29, 1.82) is 0 Å². The van der Waals surface area contributed by atoms with Crippen LogP contribution >= 0.6 is 15.9 Å². The van der Waals surface area contributed by atoms with Crippen LogP contribution in [0.15, 0.2) is 10.5 Å². The first-order chi connectivity index (χ1) is 7.90. The van der Waals surface area contributed by atoms with Gasteiger partial charge in [-0.1, -0.05) is 6.42 Å². The summed E-state index contributed by atoms with van der Waals surface area (Å²) in [5, 5.41) is 28.5. The van der Waals surface area contributed by atoms with Crippen LogP contribution in [0.4, 0.5) is 0 Å². The largest absolute Gasteiger partial charge is 0.504 e. The van der Waals surface area contributed by atoms with Crippen molar-refractivity contribution in [3.63, 3.8) is 0 Å². The number of aryl methyl sites for hydroxylation is 1. The molecule has 1 aliphatic carbocycles. The topological polar surface area (TPSA) is 77.8 Å². The van der Waals surface area contributed by atoms with Gasteiger partial charge < -0.3 is 15.3 Å². The second-order valence-corrected chi connectivity index (χ2v) is 5.28. The van der Waals surface area contributed by atoms with E-state index in [-0.39, 0.29) is 16.0 Å². The summed E-state index contributed by atoms with van der Waals surface area (Å²) in [5.74, 6) is -1.41. The summed E-state index contributed by atoms with van der Waals surface area (Å²) in [6.45, 7) is 1.74. The van der Waals surface area contributed by atoms with Crippen molar-refractivity contribution < 1.29 is 20.1 Å². The number of aromatic hydroxyl groups is 2. The van der Waals surface area contributed by atoms with Crippen LogP contribution in [0.3, 0.4) is 0 Å². The molecule has 4 nitrogen and oxygen atoms in total. The Morgan fingerprint density at radius 2 is 2.00 bits per heavy atom. The van der Waals surface area contributed by atoms with Gasteiger partial charge in [0.15, 0.2) is 11.5 Å². The molecule has 1 aromatic rings. The zero-order valence-electron chi connectivity index (χ0n) is 9.33. The summed E-state index contributed by atoms with van der Waals surface area (Å²) >= 11 is 3.19. The number of halogens is 1. The molecule has 17 heavy (non-hydrogen) atoms. The average molecular weight is 301 g/mol. The minimum absolute atomic E-state index is 0.238. The number of carbonyl (C=O) groups is 1. The molecule has 0 unspecified atom stereocenters. The Balaban J connectivity index is 2.67. The third-order valence-corrected chi connectivity index (χ3v) is 4.28. The highest BCUT2D eigenvalue weighted by Crippen LogP contribution is 2.51. The lowest BCUT2D eigenvalue weighted by atomic mass is 9.63. The molecule has 0 amide bonds. The minimum Gasteiger partial charge on any atom is -0.504 e. The zero-order chi connectivity index (χ0) is 12.8. The zero-order valence-corrected chi connectivity index (χ0v) is 10.9. The monoisotopic (exact) mass is 300 g/mol. The average Bonchev–Trinajstić information content (AvgIpc) is 2.17. The van der Waals surface area contributed by atoms with Gasteiger partial charge in [0, 0.05) is 0 Å². The lowest BCUT2D eigenvalue weighted by Crippen LogP contribution is -2.43. The highest BCUT2D eigenvalue weighted by atomic mass is 79.9. The maximum absolute atomic E-state index is 11.4. The fraction of sp³-hybridized carbons (Fsp3) is 0.417. The summed E-state index contributed by atoms with van der Waals surface area (Å²) in [6.07, 6.45) is 1.98. The SMILES string of the molecule is Cc1cc(O)c(O)c(Br)c1C1(C(=O)O)CCC1. The molecule has 1 aliphatic rings. The van der Waals surface area contributed by atoms with Crippen molar-refractivity contribution in [1.82, 2.24) is 0 Å². The lowest BCUT2D eigenvalue weighted by Gasteiger charge is -2.39. The van der Waals surface area contributed by atoms with Crippen LogP contribution in [0.5, 0.6) is 11.5 Å². The van der Waals surface area contributed by atoms with Crippen LogP contribution < -0.4 is 0 Å². The van der Waals surface area contributed by atoms with E-state index < -0.39 is 11.4 Å².